The van der Waals surface area contributed by atoms with E-state index in [0.29, 0.717) is 23.6 Å². The van der Waals surface area contributed by atoms with Crippen molar-refractivity contribution in [2.24, 2.45) is 0 Å². The van der Waals surface area contributed by atoms with Crippen molar-refractivity contribution in [1.82, 2.24) is 20.0 Å². The second-order valence-corrected chi connectivity index (χ2v) is 7.85. The van der Waals surface area contributed by atoms with Gasteiger partial charge in [0.25, 0.3) is 5.56 Å². The van der Waals surface area contributed by atoms with Crippen LogP contribution in [0.15, 0.2) is 59.4 Å². The molecule has 32 heavy (non-hydrogen) atoms. The van der Waals surface area contributed by atoms with Crippen LogP contribution in [0.4, 0.5) is 9.18 Å². The van der Waals surface area contributed by atoms with Crippen LogP contribution in [0.5, 0.6) is 5.75 Å². The summed E-state index contributed by atoms with van der Waals surface area (Å²) in [4.78, 5) is 26.4. The fourth-order valence-corrected chi connectivity index (χ4v) is 3.21. The van der Waals surface area contributed by atoms with Crippen molar-refractivity contribution in [1.29, 1.82) is 0 Å². The molecule has 2 aromatic carbocycles. The third kappa shape index (κ3) is 6.75. The highest BCUT2D eigenvalue weighted by molar-refractivity contribution is 5.70. The molecule has 0 fully saturated rings. The second-order valence-electron chi connectivity index (χ2n) is 7.85. The van der Waals surface area contributed by atoms with Crippen LogP contribution in [0.25, 0.3) is 11.3 Å². The molecule has 168 valence electrons. The van der Waals surface area contributed by atoms with Crippen LogP contribution in [0.2, 0.25) is 0 Å². The number of aromatic nitrogens is 2. The Morgan fingerprint density at radius 2 is 1.97 bits per heavy atom. The average Bonchev–Trinajstić information content (AvgIpc) is 2.72. The number of halogens is 1. The molecule has 0 aliphatic carbocycles. The number of nitrogens with zero attached hydrogens (tertiary/aromatic N) is 3. The maximum absolute atomic E-state index is 13.8. The van der Waals surface area contributed by atoms with E-state index in [1.165, 1.54) is 22.9 Å². The molecule has 0 saturated carbocycles. The van der Waals surface area contributed by atoms with Gasteiger partial charge in [-0.2, -0.15) is 5.10 Å². The van der Waals surface area contributed by atoms with Crippen LogP contribution < -0.4 is 15.6 Å². The van der Waals surface area contributed by atoms with Crippen molar-refractivity contribution in [3.05, 3.63) is 81.9 Å². The van der Waals surface area contributed by atoms with Crippen molar-refractivity contribution in [2.45, 2.75) is 19.9 Å². The molecule has 1 N–H and O–H groups in total. The molecule has 3 rings (SSSR count). The van der Waals surface area contributed by atoms with Crippen LogP contribution >= 0.6 is 0 Å². The van der Waals surface area contributed by atoms with Gasteiger partial charge in [-0.05, 0) is 81.5 Å². The van der Waals surface area contributed by atoms with E-state index in [4.69, 9.17) is 4.74 Å². The number of ether oxygens (including phenoxy) is 1. The third-order valence-electron chi connectivity index (χ3n) is 4.70. The van der Waals surface area contributed by atoms with E-state index < -0.39 is 6.09 Å². The predicted octanol–water partition coefficient (Wildman–Crippen LogP) is 3.45. The van der Waals surface area contributed by atoms with Gasteiger partial charge in [0.1, 0.15) is 11.6 Å². The summed E-state index contributed by atoms with van der Waals surface area (Å²) in [5.74, 6) is 0.0157. The summed E-state index contributed by atoms with van der Waals surface area (Å²) in [7, 11) is 3.94. The van der Waals surface area contributed by atoms with E-state index in [0.717, 1.165) is 24.1 Å². The molecule has 0 unspecified atom stereocenters. The van der Waals surface area contributed by atoms with Crippen LogP contribution in [0, 0.1) is 12.7 Å². The molecule has 0 atom stereocenters. The lowest BCUT2D eigenvalue weighted by Gasteiger charge is -2.11. The summed E-state index contributed by atoms with van der Waals surface area (Å²) < 4.78 is 20.4. The highest BCUT2D eigenvalue weighted by atomic mass is 19.1. The molecule has 1 aromatic heterocycles. The van der Waals surface area contributed by atoms with E-state index in [-0.39, 0.29) is 17.9 Å². The van der Waals surface area contributed by atoms with E-state index >= 15 is 0 Å². The fourth-order valence-electron chi connectivity index (χ4n) is 3.21. The number of carbonyl (C=O) groups is 1. The number of nitrogens with one attached hydrogen (secondary N) is 1. The van der Waals surface area contributed by atoms with E-state index in [2.05, 4.69) is 10.4 Å². The minimum absolute atomic E-state index is 0.183. The van der Waals surface area contributed by atoms with Gasteiger partial charge < -0.3 is 15.0 Å². The van der Waals surface area contributed by atoms with Crippen molar-refractivity contribution < 1.29 is 13.9 Å². The number of aryl methyl sites for hydroxylation is 1. The molecule has 0 saturated heterocycles. The van der Waals surface area contributed by atoms with Crippen LogP contribution in [0.3, 0.4) is 0 Å². The Hall–Kier alpha value is -3.52. The van der Waals surface area contributed by atoms with E-state index in [1.807, 2.05) is 31.1 Å². The van der Waals surface area contributed by atoms with Gasteiger partial charge in [0.15, 0.2) is 0 Å². The van der Waals surface area contributed by atoms with Gasteiger partial charge in [0.2, 0.25) is 0 Å². The molecule has 1 amide bonds. The zero-order valence-corrected chi connectivity index (χ0v) is 18.5. The van der Waals surface area contributed by atoms with Crippen LogP contribution in [-0.4, -0.2) is 48.0 Å². The first-order chi connectivity index (χ1) is 15.3. The first kappa shape index (κ1) is 23.1. The second kappa shape index (κ2) is 10.7. The lowest BCUT2D eigenvalue weighted by molar-refractivity contribution is 0.200. The van der Waals surface area contributed by atoms with Gasteiger partial charge in [-0.3, -0.25) is 4.79 Å². The molecule has 8 heteroatoms. The molecule has 0 spiro atoms. The zero-order valence-electron chi connectivity index (χ0n) is 18.5. The Kier molecular flexibility index (Phi) is 7.72. The number of hydrogen-bond donors (Lipinski definition) is 1. The average molecular weight is 439 g/mol. The maximum atomic E-state index is 13.8. The summed E-state index contributed by atoms with van der Waals surface area (Å²) in [6.45, 7) is 3.36. The normalized spacial score (nSPS) is 10.9. The quantitative estimate of drug-likeness (QED) is 0.545. The van der Waals surface area contributed by atoms with E-state index in [1.54, 1.807) is 31.2 Å². The number of rotatable bonds is 8. The molecule has 0 aliphatic rings. The van der Waals surface area contributed by atoms with Gasteiger partial charge in [-0.1, -0.05) is 12.1 Å². The minimum atomic E-state index is -0.528. The number of carbonyl (C=O) groups excluding carboxylic acids is 1. The smallest absolute Gasteiger partial charge is 0.410 e. The van der Waals surface area contributed by atoms with E-state index in [9.17, 15) is 14.0 Å². The van der Waals surface area contributed by atoms with Crippen molar-refractivity contribution in [2.75, 3.05) is 27.2 Å². The number of amides is 1. The third-order valence-corrected chi connectivity index (χ3v) is 4.70. The Bertz CT molecular complexity index is 1120. The topological polar surface area (TPSA) is 76.5 Å². The monoisotopic (exact) mass is 438 g/mol. The lowest BCUT2D eigenvalue weighted by Crippen LogP contribution is -2.29. The zero-order chi connectivity index (χ0) is 23.1. The summed E-state index contributed by atoms with van der Waals surface area (Å²) >= 11 is 0. The number of benzene rings is 2. The Labute approximate surface area is 186 Å². The van der Waals surface area contributed by atoms with Gasteiger partial charge in [-0.25, -0.2) is 13.9 Å². The van der Waals surface area contributed by atoms with Crippen LogP contribution in [0.1, 0.15) is 17.5 Å². The summed E-state index contributed by atoms with van der Waals surface area (Å²) in [5.41, 5.74) is 2.32. The standard InChI is InChI=1S/C24H27FN4O3/c1-17-12-19(15-20(25)13-17)22-8-9-23(30)29(27-22)16-18-6-4-7-21(14-18)32-24(31)26-10-5-11-28(2)3/h4,6-9,12-15H,5,10-11,16H2,1-3H3,(H,26,31). The highest BCUT2D eigenvalue weighted by Gasteiger charge is 2.09. The maximum Gasteiger partial charge on any atom is 0.412 e. The fraction of sp³-hybridized carbons (Fsp3) is 0.292. The van der Waals surface area contributed by atoms with Gasteiger partial charge in [-0.15, -0.1) is 0 Å². The molecule has 7 nitrogen and oxygen atoms in total. The SMILES string of the molecule is Cc1cc(F)cc(-c2ccc(=O)n(Cc3cccc(OC(=O)NCCCN(C)C)c3)n2)c1. The first-order valence-corrected chi connectivity index (χ1v) is 10.4. The van der Waals surface area contributed by atoms with Gasteiger partial charge >= 0.3 is 6.09 Å². The molecular formula is C24H27FN4O3. The lowest BCUT2D eigenvalue weighted by atomic mass is 10.1. The molecular weight excluding hydrogens is 411 g/mol. The molecule has 3 aromatic rings. The Morgan fingerprint density at radius 3 is 2.72 bits per heavy atom. The van der Waals surface area contributed by atoms with Crippen LogP contribution in [-0.2, 0) is 6.54 Å². The van der Waals surface area contributed by atoms with Crippen molar-refractivity contribution >= 4 is 6.09 Å². The minimum Gasteiger partial charge on any atom is -0.410 e. The van der Waals surface area contributed by atoms with Crippen molar-refractivity contribution in [3.8, 4) is 17.0 Å². The molecule has 1 heterocycles. The first-order valence-electron chi connectivity index (χ1n) is 10.4. The molecule has 0 radical (unpaired) electrons. The molecule has 0 bridgehead atoms. The van der Waals surface area contributed by atoms with Gasteiger partial charge in [0, 0.05) is 18.2 Å². The summed E-state index contributed by atoms with van der Waals surface area (Å²) in [5, 5.41) is 7.10. The molecule has 0 aliphatic heterocycles. The summed E-state index contributed by atoms with van der Waals surface area (Å²) in [6.07, 6.45) is 0.289. The Balaban J connectivity index is 1.70. The van der Waals surface area contributed by atoms with Crippen molar-refractivity contribution in [3.63, 3.8) is 0 Å². The highest BCUT2D eigenvalue weighted by Crippen LogP contribution is 2.19. The summed E-state index contributed by atoms with van der Waals surface area (Å²) in [6, 6.07) is 14.5. The largest absolute Gasteiger partial charge is 0.412 e. The predicted molar refractivity (Wildman–Crippen MR) is 121 cm³/mol. The number of hydrogen-bond acceptors (Lipinski definition) is 5. The van der Waals surface area contributed by atoms with Gasteiger partial charge in [0.05, 0.1) is 12.2 Å². The Morgan fingerprint density at radius 1 is 1.16 bits per heavy atom.